The number of ether oxygens (including phenoxy) is 2. The number of nitrogens with one attached hydrogen (secondary N) is 1. The highest BCUT2D eigenvalue weighted by atomic mass is 35.5. The standard InChI is InChI=1S/C25H25ClN2O3/c1-3-30-24-14-21(10-13-23(24)31-17-20-6-4-18(2)5-7-20)16-27-28-25(29)15-19-8-11-22(26)12-9-19/h4-14,16H,3,15,17H2,1-2H3,(H,28,29)/b27-16-. The molecule has 0 radical (unpaired) electrons. The summed E-state index contributed by atoms with van der Waals surface area (Å²) in [5.74, 6) is 1.08. The van der Waals surface area contributed by atoms with Crippen molar-refractivity contribution in [3.63, 3.8) is 0 Å². The van der Waals surface area contributed by atoms with Crippen LogP contribution in [0.2, 0.25) is 5.02 Å². The van der Waals surface area contributed by atoms with E-state index in [-0.39, 0.29) is 12.3 Å². The first kappa shape index (κ1) is 22.4. The Kier molecular flexibility index (Phi) is 8.07. The SMILES string of the molecule is CCOc1cc(/C=N\NC(=O)Cc2ccc(Cl)cc2)ccc1OCc1ccc(C)cc1. The zero-order valence-electron chi connectivity index (χ0n) is 17.6. The van der Waals surface area contributed by atoms with Crippen molar-refractivity contribution in [3.05, 3.63) is 94.0 Å². The summed E-state index contributed by atoms with van der Waals surface area (Å²) in [7, 11) is 0. The van der Waals surface area contributed by atoms with Gasteiger partial charge in [0.2, 0.25) is 5.91 Å². The number of aryl methyl sites for hydroxylation is 1. The first-order chi connectivity index (χ1) is 15.0. The summed E-state index contributed by atoms with van der Waals surface area (Å²) in [6.07, 6.45) is 1.80. The van der Waals surface area contributed by atoms with Crippen molar-refractivity contribution in [2.45, 2.75) is 26.9 Å². The van der Waals surface area contributed by atoms with Crippen LogP contribution in [0, 0.1) is 6.92 Å². The Morgan fingerprint density at radius 1 is 0.968 bits per heavy atom. The van der Waals surface area contributed by atoms with Gasteiger partial charge in [-0.3, -0.25) is 4.79 Å². The molecule has 3 aromatic carbocycles. The number of halogens is 1. The summed E-state index contributed by atoms with van der Waals surface area (Å²) in [5, 5.41) is 4.68. The summed E-state index contributed by atoms with van der Waals surface area (Å²) >= 11 is 5.86. The van der Waals surface area contributed by atoms with Gasteiger partial charge in [-0.15, -0.1) is 0 Å². The van der Waals surface area contributed by atoms with Gasteiger partial charge in [-0.1, -0.05) is 53.6 Å². The highest BCUT2D eigenvalue weighted by Crippen LogP contribution is 2.29. The molecule has 0 aliphatic heterocycles. The van der Waals surface area contributed by atoms with Gasteiger partial charge in [-0.25, -0.2) is 5.43 Å². The van der Waals surface area contributed by atoms with Gasteiger partial charge in [0.05, 0.1) is 19.2 Å². The highest BCUT2D eigenvalue weighted by molar-refractivity contribution is 6.30. The molecule has 0 aromatic heterocycles. The van der Waals surface area contributed by atoms with Crippen LogP contribution in [0.5, 0.6) is 11.5 Å². The van der Waals surface area contributed by atoms with Gasteiger partial charge in [-0.05, 0) is 60.9 Å². The third-order valence-electron chi connectivity index (χ3n) is 4.46. The van der Waals surface area contributed by atoms with Crippen molar-refractivity contribution >= 4 is 23.7 Å². The number of benzene rings is 3. The molecule has 0 bridgehead atoms. The number of carbonyl (C=O) groups excluding carboxylic acids is 1. The molecule has 160 valence electrons. The summed E-state index contributed by atoms with van der Waals surface area (Å²) in [5.41, 5.74) is 6.49. The molecule has 3 aromatic rings. The lowest BCUT2D eigenvalue weighted by molar-refractivity contribution is -0.120. The van der Waals surface area contributed by atoms with Gasteiger partial charge < -0.3 is 9.47 Å². The van der Waals surface area contributed by atoms with Gasteiger partial charge in [-0.2, -0.15) is 5.10 Å². The molecule has 5 nitrogen and oxygen atoms in total. The van der Waals surface area contributed by atoms with Crippen molar-refractivity contribution in [2.24, 2.45) is 5.10 Å². The quantitative estimate of drug-likeness (QED) is 0.365. The van der Waals surface area contributed by atoms with E-state index in [9.17, 15) is 4.79 Å². The van der Waals surface area contributed by atoms with Crippen LogP contribution in [0.1, 0.15) is 29.2 Å². The van der Waals surface area contributed by atoms with E-state index < -0.39 is 0 Å². The van der Waals surface area contributed by atoms with Crippen LogP contribution in [-0.2, 0) is 17.8 Å². The molecule has 3 rings (SSSR count). The fraction of sp³-hybridized carbons (Fsp3) is 0.200. The summed E-state index contributed by atoms with van der Waals surface area (Å²) < 4.78 is 11.7. The highest BCUT2D eigenvalue weighted by Gasteiger charge is 2.07. The predicted molar refractivity (Wildman–Crippen MR) is 124 cm³/mol. The number of hydrogen-bond acceptors (Lipinski definition) is 4. The minimum absolute atomic E-state index is 0.207. The number of nitrogens with zero attached hydrogens (tertiary/aromatic N) is 1. The maximum atomic E-state index is 12.0. The third-order valence-corrected chi connectivity index (χ3v) is 4.72. The minimum atomic E-state index is -0.207. The molecule has 1 amide bonds. The predicted octanol–water partition coefficient (Wildman–Crippen LogP) is 5.32. The average molecular weight is 437 g/mol. The monoisotopic (exact) mass is 436 g/mol. The van der Waals surface area contributed by atoms with Crippen LogP contribution in [0.15, 0.2) is 71.8 Å². The molecular weight excluding hydrogens is 412 g/mol. The second-order valence-corrected chi connectivity index (χ2v) is 7.45. The van der Waals surface area contributed by atoms with Gasteiger partial charge in [0.1, 0.15) is 6.61 Å². The molecular formula is C25H25ClN2O3. The first-order valence-corrected chi connectivity index (χ1v) is 10.4. The number of hydrogen-bond donors (Lipinski definition) is 1. The molecule has 0 aliphatic carbocycles. The molecule has 0 aliphatic rings. The Morgan fingerprint density at radius 3 is 2.39 bits per heavy atom. The maximum absolute atomic E-state index is 12.0. The molecule has 0 atom stereocenters. The lowest BCUT2D eigenvalue weighted by Crippen LogP contribution is -2.19. The van der Waals surface area contributed by atoms with Crippen LogP contribution in [0.25, 0.3) is 0 Å². The molecule has 0 spiro atoms. The van der Waals surface area contributed by atoms with E-state index in [2.05, 4.69) is 29.6 Å². The van der Waals surface area contributed by atoms with Crippen molar-refractivity contribution in [3.8, 4) is 11.5 Å². The summed E-state index contributed by atoms with van der Waals surface area (Å²) in [4.78, 5) is 12.0. The Balaban J connectivity index is 1.59. The van der Waals surface area contributed by atoms with E-state index in [1.165, 1.54) is 5.56 Å². The normalized spacial score (nSPS) is 10.8. The number of hydrazone groups is 1. The van der Waals surface area contributed by atoms with Gasteiger partial charge in [0.25, 0.3) is 0 Å². The fourth-order valence-electron chi connectivity index (χ4n) is 2.84. The third kappa shape index (κ3) is 7.15. The van der Waals surface area contributed by atoms with Crippen molar-refractivity contribution in [2.75, 3.05) is 6.61 Å². The number of carbonyl (C=O) groups is 1. The molecule has 0 unspecified atom stereocenters. The molecule has 1 N–H and O–H groups in total. The summed E-state index contributed by atoms with van der Waals surface area (Å²) in [6.45, 7) is 4.94. The molecule has 0 heterocycles. The average Bonchev–Trinajstić information content (AvgIpc) is 2.76. The topological polar surface area (TPSA) is 59.9 Å². The second-order valence-electron chi connectivity index (χ2n) is 7.01. The molecule has 0 saturated carbocycles. The van der Waals surface area contributed by atoms with Crippen molar-refractivity contribution < 1.29 is 14.3 Å². The van der Waals surface area contributed by atoms with E-state index in [0.29, 0.717) is 29.7 Å². The molecule has 6 heteroatoms. The summed E-state index contributed by atoms with van der Waals surface area (Å²) in [6, 6.07) is 20.9. The Bertz CT molecular complexity index is 1030. The van der Waals surface area contributed by atoms with E-state index >= 15 is 0 Å². The fourth-order valence-corrected chi connectivity index (χ4v) is 2.97. The van der Waals surface area contributed by atoms with E-state index in [1.807, 2.05) is 49.4 Å². The van der Waals surface area contributed by atoms with Crippen LogP contribution in [0.4, 0.5) is 0 Å². The molecule has 31 heavy (non-hydrogen) atoms. The van der Waals surface area contributed by atoms with Crippen molar-refractivity contribution in [1.29, 1.82) is 0 Å². The van der Waals surface area contributed by atoms with E-state index in [0.717, 1.165) is 16.7 Å². The van der Waals surface area contributed by atoms with Crippen LogP contribution < -0.4 is 14.9 Å². The minimum Gasteiger partial charge on any atom is -0.490 e. The zero-order valence-corrected chi connectivity index (χ0v) is 18.4. The zero-order chi connectivity index (χ0) is 22.1. The van der Waals surface area contributed by atoms with Gasteiger partial charge in [0.15, 0.2) is 11.5 Å². The lowest BCUT2D eigenvalue weighted by Gasteiger charge is -2.12. The second kappa shape index (κ2) is 11.2. The Morgan fingerprint density at radius 2 is 1.68 bits per heavy atom. The van der Waals surface area contributed by atoms with Crippen LogP contribution in [0.3, 0.4) is 0 Å². The van der Waals surface area contributed by atoms with Crippen molar-refractivity contribution in [1.82, 2.24) is 5.43 Å². The first-order valence-electron chi connectivity index (χ1n) is 10.0. The molecule has 0 fully saturated rings. The number of rotatable bonds is 9. The maximum Gasteiger partial charge on any atom is 0.244 e. The Hall–Kier alpha value is -3.31. The lowest BCUT2D eigenvalue weighted by atomic mass is 10.1. The largest absolute Gasteiger partial charge is 0.490 e. The van der Waals surface area contributed by atoms with Crippen LogP contribution in [-0.4, -0.2) is 18.7 Å². The van der Waals surface area contributed by atoms with E-state index in [1.54, 1.807) is 18.3 Å². The smallest absolute Gasteiger partial charge is 0.244 e. The van der Waals surface area contributed by atoms with Gasteiger partial charge >= 0.3 is 0 Å². The van der Waals surface area contributed by atoms with Crippen LogP contribution >= 0.6 is 11.6 Å². The van der Waals surface area contributed by atoms with Gasteiger partial charge in [0, 0.05) is 5.02 Å². The van der Waals surface area contributed by atoms with E-state index in [4.69, 9.17) is 21.1 Å². The molecule has 0 saturated heterocycles. The Labute approximate surface area is 187 Å². The number of amides is 1.